The zero-order chi connectivity index (χ0) is 17.1. The molecule has 1 saturated heterocycles. The average molecular weight is 329 g/mol. The highest BCUT2D eigenvalue weighted by molar-refractivity contribution is 6.00. The first-order valence-electron chi connectivity index (χ1n) is 7.78. The van der Waals surface area contributed by atoms with E-state index < -0.39 is 5.97 Å². The van der Waals surface area contributed by atoms with Gasteiger partial charge in [-0.15, -0.1) is 0 Å². The molecule has 0 bridgehead atoms. The highest BCUT2D eigenvalue weighted by atomic mass is 16.5. The Morgan fingerprint density at radius 2 is 2.25 bits per heavy atom. The molecule has 24 heavy (non-hydrogen) atoms. The molecule has 8 nitrogen and oxygen atoms in total. The van der Waals surface area contributed by atoms with Gasteiger partial charge in [-0.05, 0) is 25.5 Å². The summed E-state index contributed by atoms with van der Waals surface area (Å²) in [7, 11) is 1.81. The van der Waals surface area contributed by atoms with E-state index in [0.29, 0.717) is 31.0 Å². The molecule has 8 heteroatoms. The van der Waals surface area contributed by atoms with Crippen LogP contribution in [0.15, 0.2) is 30.7 Å². The molecule has 0 aliphatic carbocycles. The third-order valence-corrected chi connectivity index (χ3v) is 3.81. The maximum Gasteiger partial charge on any atom is 0.339 e. The van der Waals surface area contributed by atoms with Gasteiger partial charge in [0.25, 0.3) is 0 Å². The van der Waals surface area contributed by atoms with E-state index >= 15 is 0 Å². The van der Waals surface area contributed by atoms with Crippen molar-refractivity contribution in [3.63, 3.8) is 0 Å². The molecule has 1 N–H and O–H groups in total. The lowest BCUT2D eigenvalue weighted by molar-refractivity contribution is -0.117. The van der Waals surface area contributed by atoms with Crippen LogP contribution in [0.3, 0.4) is 0 Å². The molecule has 1 atom stereocenters. The molecule has 2 aromatic rings. The van der Waals surface area contributed by atoms with E-state index in [2.05, 4.69) is 15.4 Å². The van der Waals surface area contributed by atoms with Crippen LogP contribution < -0.4 is 10.2 Å². The first kappa shape index (κ1) is 16.0. The van der Waals surface area contributed by atoms with Gasteiger partial charge in [0.15, 0.2) is 0 Å². The van der Waals surface area contributed by atoms with Crippen molar-refractivity contribution in [1.82, 2.24) is 14.8 Å². The molecule has 0 aromatic carbocycles. The number of rotatable bonds is 5. The lowest BCUT2D eigenvalue weighted by Gasteiger charge is -2.15. The van der Waals surface area contributed by atoms with Crippen molar-refractivity contribution in [1.29, 1.82) is 0 Å². The number of nitrogens with one attached hydrogen (secondary N) is 1. The number of nitrogens with zero attached hydrogens (tertiary/aromatic N) is 4. The number of anilines is 2. The highest BCUT2D eigenvalue weighted by Crippen LogP contribution is 2.22. The van der Waals surface area contributed by atoms with Crippen molar-refractivity contribution < 1.29 is 14.3 Å². The van der Waals surface area contributed by atoms with E-state index in [1.54, 1.807) is 34.8 Å². The first-order chi connectivity index (χ1) is 11.6. The van der Waals surface area contributed by atoms with E-state index in [4.69, 9.17) is 4.74 Å². The zero-order valence-electron chi connectivity index (χ0n) is 13.6. The standard InChI is InChI=1S/C16H19N5O3/c1-3-24-16(23)11-4-5-14(17-8-11)19-13-6-7-21(15(13)22)12-9-18-20(2)10-12/h4-5,8-10,13H,3,6-7H2,1-2H3,(H,17,19). The fraction of sp³-hybridized carbons (Fsp3) is 0.375. The second-order valence-corrected chi connectivity index (χ2v) is 5.50. The number of pyridine rings is 1. The maximum absolute atomic E-state index is 12.5. The molecular formula is C16H19N5O3. The highest BCUT2D eigenvalue weighted by Gasteiger charge is 2.33. The van der Waals surface area contributed by atoms with Gasteiger partial charge < -0.3 is 15.0 Å². The lowest BCUT2D eigenvalue weighted by atomic mass is 10.2. The fourth-order valence-corrected chi connectivity index (χ4v) is 2.61. The Labute approximate surface area is 139 Å². The van der Waals surface area contributed by atoms with Gasteiger partial charge in [0, 0.05) is 26.0 Å². The minimum Gasteiger partial charge on any atom is -0.462 e. The van der Waals surface area contributed by atoms with Gasteiger partial charge in [-0.1, -0.05) is 0 Å². The Kier molecular flexibility index (Phi) is 4.45. The van der Waals surface area contributed by atoms with Gasteiger partial charge >= 0.3 is 5.97 Å². The van der Waals surface area contributed by atoms with E-state index in [-0.39, 0.29) is 11.9 Å². The van der Waals surface area contributed by atoms with Gasteiger partial charge in [-0.2, -0.15) is 5.10 Å². The van der Waals surface area contributed by atoms with Crippen LogP contribution >= 0.6 is 0 Å². The SMILES string of the molecule is CCOC(=O)c1ccc(NC2CCN(c3cnn(C)c3)C2=O)nc1. The molecule has 1 aliphatic rings. The quantitative estimate of drug-likeness (QED) is 0.829. The number of ether oxygens (including phenoxy) is 1. The summed E-state index contributed by atoms with van der Waals surface area (Å²) < 4.78 is 6.58. The van der Waals surface area contributed by atoms with Gasteiger partial charge in [-0.3, -0.25) is 9.48 Å². The summed E-state index contributed by atoms with van der Waals surface area (Å²) in [5, 5.41) is 7.21. The Balaban J connectivity index is 1.64. The Hall–Kier alpha value is -2.90. The number of carbonyl (C=O) groups is 2. The van der Waals surface area contributed by atoms with Crippen LogP contribution in [-0.2, 0) is 16.6 Å². The summed E-state index contributed by atoms with van der Waals surface area (Å²) in [5.74, 6) is 0.130. The van der Waals surface area contributed by atoms with Gasteiger partial charge in [-0.25, -0.2) is 9.78 Å². The van der Waals surface area contributed by atoms with Crippen molar-refractivity contribution in [3.05, 3.63) is 36.3 Å². The fourth-order valence-electron chi connectivity index (χ4n) is 2.61. The summed E-state index contributed by atoms with van der Waals surface area (Å²) in [6.45, 7) is 2.70. The van der Waals surface area contributed by atoms with Crippen molar-refractivity contribution >= 4 is 23.4 Å². The van der Waals surface area contributed by atoms with Crippen molar-refractivity contribution in [2.75, 3.05) is 23.4 Å². The van der Waals surface area contributed by atoms with Gasteiger partial charge in [0.2, 0.25) is 5.91 Å². The topological polar surface area (TPSA) is 89.4 Å². The molecule has 1 aliphatic heterocycles. The van der Waals surface area contributed by atoms with Crippen molar-refractivity contribution in [3.8, 4) is 0 Å². The summed E-state index contributed by atoms with van der Waals surface area (Å²) in [4.78, 5) is 30.0. The smallest absolute Gasteiger partial charge is 0.339 e. The minimum atomic E-state index is -0.406. The van der Waals surface area contributed by atoms with Crippen LogP contribution in [-0.4, -0.2) is 45.8 Å². The lowest BCUT2D eigenvalue weighted by Crippen LogP contribution is -2.33. The van der Waals surface area contributed by atoms with Crippen LogP contribution in [0.1, 0.15) is 23.7 Å². The van der Waals surface area contributed by atoms with Gasteiger partial charge in [0.1, 0.15) is 11.9 Å². The largest absolute Gasteiger partial charge is 0.462 e. The monoisotopic (exact) mass is 329 g/mol. The van der Waals surface area contributed by atoms with Crippen LogP contribution in [0.5, 0.6) is 0 Å². The van der Waals surface area contributed by atoms with Crippen molar-refractivity contribution in [2.24, 2.45) is 7.05 Å². The normalized spacial score (nSPS) is 17.2. The average Bonchev–Trinajstić information content (AvgIpc) is 3.15. The third kappa shape index (κ3) is 3.22. The first-order valence-corrected chi connectivity index (χ1v) is 7.78. The molecular weight excluding hydrogens is 310 g/mol. The molecule has 1 unspecified atom stereocenters. The third-order valence-electron chi connectivity index (χ3n) is 3.81. The molecule has 3 heterocycles. The summed E-state index contributed by atoms with van der Waals surface area (Å²) in [5.41, 5.74) is 1.18. The number of amides is 1. The number of aromatic nitrogens is 3. The molecule has 3 rings (SSSR count). The molecule has 1 amide bonds. The summed E-state index contributed by atoms with van der Waals surface area (Å²) >= 11 is 0. The summed E-state index contributed by atoms with van der Waals surface area (Å²) in [6.07, 6.45) is 5.60. The second-order valence-electron chi connectivity index (χ2n) is 5.50. The second kappa shape index (κ2) is 6.69. The number of hydrogen-bond acceptors (Lipinski definition) is 6. The Bertz CT molecular complexity index is 740. The molecule has 2 aromatic heterocycles. The number of esters is 1. The van der Waals surface area contributed by atoms with Gasteiger partial charge in [0.05, 0.1) is 24.1 Å². The maximum atomic E-state index is 12.5. The Morgan fingerprint density at radius 1 is 1.42 bits per heavy atom. The van der Waals surface area contributed by atoms with E-state index in [9.17, 15) is 9.59 Å². The van der Waals surface area contributed by atoms with Crippen LogP contribution in [0.4, 0.5) is 11.5 Å². The predicted molar refractivity (Wildman–Crippen MR) is 87.8 cm³/mol. The summed E-state index contributed by atoms with van der Waals surface area (Å²) in [6, 6.07) is 2.96. The van der Waals surface area contributed by atoms with Crippen molar-refractivity contribution in [2.45, 2.75) is 19.4 Å². The number of aryl methyl sites for hydroxylation is 1. The Morgan fingerprint density at radius 3 is 2.88 bits per heavy atom. The predicted octanol–water partition coefficient (Wildman–Crippen LogP) is 1.21. The van der Waals surface area contributed by atoms with E-state index in [1.807, 2.05) is 13.2 Å². The van der Waals surface area contributed by atoms with Crippen LogP contribution in [0, 0.1) is 0 Å². The number of carbonyl (C=O) groups excluding carboxylic acids is 2. The molecule has 126 valence electrons. The number of hydrogen-bond donors (Lipinski definition) is 1. The zero-order valence-corrected chi connectivity index (χ0v) is 13.6. The van der Waals surface area contributed by atoms with E-state index in [1.165, 1.54) is 6.20 Å². The van der Waals surface area contributed by atoms with E-state index in [0.717, 1.165) is 5.69 Å². The van der Waals surface area contributed by atoms with Crippen LogP contribution in [0.25, 0.3) is 0 Å². The molecule has 1 fully saturated rings. The molecule has 0 spiro atoms. The molecule has 0 saturated carbocycles. The van der Waals surface area contributed by atoms with Crippen LogP contribution in [0.2, 0.25) is 0 Å². The molecule has 0 radical (unpaired) electrons. The minimum absolute atomic E-state index is 0.0146.